The predicted molar refractivity (Wildman–Crippen MR) is 88.9 cm³/mol. The molecular formula is C18H23N3O3. The molecule has 3 rings (SSSR count). The van der Waals surface area contributed by atoms with Crippen LogP contribution in [0.3, 0.4) is 0 Å². The van der Waals surface area contributed by atoms with Crippen LogP contribution in [-0.4, -0.2) is 54.2 Å². The first kappa shape index (κ1) is 16.5. The Bertz CT molecular complexity index is 647. The van der Waals surface area contributed by atoms with Crippen molar-refractivity contribution < 1.29 is 14.4 Å². The smallest absolute Gasteiger partial charge is 0.238 e. The first-order chi connectivity index (χ1) is 11.6. The Hall–Kier alpha value is -2.37. The second kappa shape index (κ2) is 6.63. The van der Waals surface area contributed by atoms with Crippen LogP contribution in [0.15, 0.2) is 24.3 Å². The van der Waals surface area contributed by atoms with Crippen LogP contribution in [0.25, 0.3) is 0 Å². The number of piperazine rings is 1. The van der Waals surface area contributed by atoms with Gasteiger partial charge in [-0.25, -0.2) is 0 Å². The van der Waals surface area contributed by atoms with Crippen LogP contribution >= 0.6 is 0 Å². The highest BCUT2D eigenvalue weighted by molar-refractivity contribution is 6.07. The Morgan fingerprint density at radius 1 is 1.17 bits per heavy atom. The fourth-order valence-electron chi connectivity index (χ4n) is 3.15. The Labute approximate surface area is 141 Å². The molecule has 0 unspecified atom stereocenters. The summed E-state index contributed by atoms with van der Waals surface area (Å²) < 4.78 is 0. The quantitative estimate of drug-likeness (QED) is 0.638. The molecule has 1 saturated carbocycles. The maximum atomic E-state index is 12.8. The van der Waals surface area contributed by atoms with E-state index in [2.05, 4.69) is 5.32 Å². The molecule has 1 saturated heterocycles. The van der Waals surface area contributed by atoms with Crippen LogP contribution in [0.2, 0.25) is 0 Å². The minimum Gasteiger partial charge on any atom is -0.351 e. The van der Waals surface area contributed by atoms with Gasteiger partial charge in [0.25, 0.3) is 0 Å². The average Bonchev–Trinajstić information content (AvgIpc) is 3.42. The summed E-state index contributed by atoms with van der Waals surface area (Å²) in [4.78, 5) is 39.5. The van der Waals surface area contributed by atoms with Crippen molar-refractivity contribution in [2.45, 2.75) is 26.3 Å². The molecule has 1 N–H and O–H groups in total. The largest absolute Gasteiger partial charge is 0.351 e. The lowest BCUT2D eigenvalue weighted by Crippen LogP contribution is -2.52. The van der Waals surface area contributed by atoms with Crippen molar-refractivity contribution in [3.05, 3.63) is 35.4 Å². The standard InChI is InChI=1S/C18H23N3O3/c1-14-4-2-3-5-15(14)12-19-16(23)18(6-7-18)17(24)21-10-8-20(13-22)9-11-21/h2-5,13H,6-12H2,1H3,(H,19,23). The summed E-state index contributed by atoms with van der Waals surface area (Å²) in [7, 11) is 0. The third kappa shape index (κ3) is 3.13. The first-order valence-corrected chi connectivity index (χ1v) is 8.38. The van der Waals surface area contributed by atoms with E-state index < -0.39 is 5.41 Å². The molecule has 1 heterocycles. The minimum absolute atomic E-state index is 0.0877. The molecule has 1 aromatic rings. The highest BCUT2D eigenvalue weighted by atomic mass is 16.2. The van der Waals surface area contributed by atoms with Gasteiger partial charge in [-0.15, -0.1) is 0 Å². The van der Waals surface area contributed by atoms with Crippen molar-refractivity contribution in [2.75, 3.05) is 26.2 Å². The highest BCUT2D eigenvalue weighted by Crippen LogP contribution is 2.47. The van der Waals surface area contributed by atoms with Crippen molar-refractivity contribution >= 4 is 18.2 Å². The number of rotatable bonds is 5. The molecule has 0 aromatic heterocycles. The molecule has 0 atom stereocenters. The molecule has 0 radical (unpaired) electrons. The van der Waals surface area contributed by atoms with Crippen molar-refractivity contribution in [3.8, 4) is 0 Å². The molecule has 24 heavy (non-hydrogen) atoms. The van der Waals surface area contributed by atoms with Crippen LogP contribution < -0.4 is 5.32 Å². The average molecular weight is 329 g/mol. The van der Waals surface area contributed by atoms with Crippen molar-refractivity contribution in [3.63, 3.8) is 0 Å². The maximum Gasteiger partial charge on any atom is 0.238 e. The number of carbonyl (C=O) groups excluding carboxylic acids is 3. The van der Waals surface area contributed by atoms with E-state index in [1.165, 1.54) is 0 Å². The number of amides is 3. The monoisotopic (exact) mass is 329 g/mol. The summed E-state index contributed by atoms with van der Waals surface area (Å²) in [5, 5.41) is 2.93. The fourth-order valence-corrected chi connectivity index (χ4v) is 3.15. The lowest BCUT2D eigenvalue weighted by atomic mass is 10.0. The zero-order chi connectivity index (χ0) is 17.2. The van der Waals surface area contributed by atoms with Gasteiger partial charge in [0, 0.05) is 32.7 Å². The molecule has 2 fully saturated rings. The lowest BCUT2D eigenvalue weighted by molar-refractivity contribution is -0.146. The van der Waals surface area contributed by atoms with Crippen LogP contribution in [-0.2, 0) is 20.9 Å². The summed E-state index contributed by atoms with van der Waals surface area (Å²) in [5.74, 6) is -0.260. The van der Waals surface area contributed by atoms with Gasteiger partial charge < -0.3 is 15.1 Å². The molecule has 1 aliphatic carbocycles. The van der Waals surface area contributed by atoms with Gasteiger partial charge in [-0.1, -0.05) is 24.3 Å². The SMILES string of the molecule is Cc1ccccc1CNC(=O)C1(C(=O)N2CCN(C=O)CC2)CC1. The number of hydrogen-bond acceptors (Lipinski definition) is 3. The number of aryl methyl sites for hydroxylation is 1. The molecule has 6 heteroatoms. The fraction of sp³-hybridized carbons (Fsp3) is 0.500. The van der Waals surface area contributed by atoms with E-state index in [0.29, 0.717) is 45.6 Å². The summed E-state index contributed by atoms with van der Waals surface area (Å²) in [6.45, 7) is 4.53. The molecule has 0 spiro atoms. The van der Waals surface area contributed by atoms with E-state index in [9.17, 15) is 14.4 Å². The van der Waals surface area contributed by atoms with Gasteiger partial charge in [0.15, 0.2) is 0 Å². The van der Waals surface area contributed by atoms with Gasteiger partial charge in [0.2, 0.25) is 18.2 Å². The van der Waals surface area contributed by atoms with E-state index in [4.69, 9.17) is 0 Å². The molecule has 128 valence electrons. The summed E-state index contributed by atoms with van der Waals surface area (Å²) in [5.41, 5.74) is 1.30. The van der Waals surface area contributed by atoms with Gasteiger partial charge >= 0.3 is 0 Å². The molecule has 1 aliphatic heterocycles. The second-order valence-electron chi connectivity index (χ2n) is 6.62. The zero-order valence-electron chi connectivity index (χ0n) is 14.0. The predicted octanol–water partition coefficient (Wildman–Crippen LogP) is 0.692. The van der Waals surface area contributed by atoms with Gasteiger partial charge in [-0.2, -0.15) is 0 Å². The topological polar surface area (TPSA) is 69.7 Å². The minimum atomic E-state index is -0.883. The third-order valence-corrected chi connectivity index (χ3v) is 5.05. The Kier molecular flexibility index (Phi) is 4.55. The Morgan fingerprint density at radius 3 is 2.42 bits per heavy atom. The summed E-state index contributed by atoms with van der Waals surface area (Å²) in [6, 6.07) is 7.90. The normalized spacial score (nSPS) is 18.9. The van der Waals surface area contributed by atoms with Crippen LogP contribution in [0.5, 0.6) is 0 Å². The first-order valence-electron chi connectivity index (χ1n) is 8.38. The molecule has 2 aliphatic rings. The van der Waals surface area contributed by atoms with E-state index in [1.807, 2.05) is 31.2 Å². The summed E-state index contributed by atoms with van der Waals surface area (Å²) >= 11 is 0. The lowest BCUT2D eigenvalue weighted by Gasteiger charge is -2.34. The molecule has 6 nitrogen and oxygen atoms in total. The van der Waals surface area contributed by atoms with Gasteiger partial charge in [0.05, 0.1) is 0 Å². The number of benzene rings is 1. The molecule has 1 aromatic carbocycles. The second-order valence-corrected chi connectivity index (χ2v) is 6.62. The Morgan fingerprint density at radius 2 is 1.83 bits per heavy atom. The van der Waals surface area contributed by atoms with Crippen molar-refractivity contribution in [1.29, 1.82) is 0 Å². The number of hydrogen-bond donors (Lipinski definition) is 1. The third-order valence-electron chi connectivity index (χ3n) is 5.05. The van der Waals surface area contributed by atoms with Crippen LogP contribution in [0, 0.1) is 12.3 Å². The van der Waals surface area contributed by atoms with E-state index in [0.717, 1.165) is 17.5 Å². The number of nitrogens with one attached hydrogen (secondary N) is 1. The summed E-state index contributed by atoms with van der Waals surface area (Å²) in [6.07, 6.45) is 2.03. The van der Waals surface area contributed by atoms with Gasteiger partial charge in [-0.05, 0) is 30.9 Å². The van der Waals surface area contributed by atoms with E-state index >= 15 is 0 Å². The van der Waals surface area contributed by atoms with Crippen molar-refractivity contribution in [1.82, 2.24) is 15.1 Å². The zero-order valence-corrected chi connectivity index (χ0v) is 14.0. The Balaban J connectivity index is 1.59. The van der Waals surface area contributed by atoms with E-state index in [1.54, 1.807) is 9.80 Å². The van der Waals surface area contributed by atoms with Gasteiger partial charge in [-0.3, -0.25) is 14.4 Å². The highest BCUT2D eigenvalue weighted by Gasteiger charge is 2.58. The van der Waals surface area contributed by atoms with Gasteiger partial charge in [0.1, 0.15) is 5.41 Å². The number of nitrogens with zero attached hydrogens (tertiary/aromatic N) is 2. The molecular weight excluding hydrogens is 306 g/mol. The van der Waals surface area contributed by atoms with Crippen LogP contribution in [0.1, 0.15) is 24.0 Å². The maximum absolute atomic E-state index is 12.8. The van der Waals surface area contributed by atoms with Crippen LogP contribution in [0.4, 0.5) is 0 Å². The van der Waals surface area contributed by atoms with E-state index in [-0.39, 0.29) is 11.8 Å². The molecule has 0 bridgehead atoms. The number of carbonyl (C=O) groups is 3. The van der Waals surface area contributed by atoms with Crippen molar-refractivity contribution in [2.24, 2.45) is 5.41 Å². The molecule has 3 amide bonds.